The normalized spacial score (nSPS) is 16.4. The first-order valence-corrected chi connectivity index (χ1v) is 8.45. The maximum absolute atomic E-state index is 12.8. The molecule has 1 aromatic heterocycles. The van der Waals surface area contributed by atoms with Crippen LogP contribution in [0.4, 0.5) is 0 Å². The van der Waals surface area contributed by atoms with E-state index in [-0.39, 0.29) is 5.69 Å². The van der Waals surface area contributed by atoms with Crippen LogP contribution in [0.15, 0.2) is 30.5 Å². The van der Waals surface area contributed by atoms with Gasteiger partial charge < -0.3 is 10.0 Å². The minimum Gasteiger partial charge on any atom is -0.479 e. The largest absolute Gasteiger partial charge is 0.479 e. The number of hydrogen-bond donors (Lipinski definition) is 1. The van der Waals surface area contributed by atoms with E-state index in [2.05, 4.69) is 10.3 Å². The topological polar surface area (TPSA) is 88.3 Å². The van der Waals surface area contributed by atoms with Crippen molar-refractivity contribution in [1.82, 2.24) is 19.9 Å². The third-order valence-electron chi connectivity index (χ3n) is 5.00. The van der Waals surface area contributed by atoms with E-state index in [1.54, 1.807) is 13.2 Å². The molecule has 1 heterocycles. The van der Waals surface area contributed by atoms with E-state index in [4.69, 9.17) is 0 Å². The third kappa shape index (κ3) is 3.14. The fourth-order valence-corrected chi connectivity index (χ4v) is 3.45. The minimum atomic E-state index is -1.15. The Kier molecular flexibility index (Phi) is 4.57. The number of benzene rings is 1. The SMILES string of the molecule is Cc1cccc(-n2cc(C(=O)N(C)C3(C(=O)O)CCCCC3)nn2)c1. The lowest BCUT2D eigenvalue weighted by molar-refractivity contribution is -0.151. The predicted octanol–water partition coefficient (Wildman–Crippen LogP) is 2.44. The summed E-state index contributed by atoms with van der Waals surface area (Å²) in [4.78, 5) is 26.0. The molecule has 1 aliphatic carbocycles. The number of carbonyl (C=O) groups is 2. The Hall–Kier alpha value is -2.70. The molecule has 7 heteroatoms. The Morgan fingerprint density at radius 2 is 1.96 bits per heavy atom. The average Bonchev–Trinajstić information content (AvgIpc) is 3.11. The van der Waals surface area contributed by atoms with Gasteiger partial charge in [0.1, 0.15) is 5.54 Å². The van der Waals surface area contributed by atoms with Gasteiger partial charge in [0.15, 0.2) is 5.69 Å². The molecule has 1 aliphatic rings. The number of nitrogens with zero attached hydrogens (tertiary/aromatic N) is 4. The fraction of sp³-hybridized carbons (Fsp3) is 0.444. The van der Waals surface area contributed by atoms with Crippen LogP contribution in [-0.4, -0.2) is 49.5 Å². The Morgan fingerprint density at radius 3 is 2.60 bits per heavy atom. The van der Waals surface area contributed by atoms with Gasteiger partial charge in [0.25, 0.3) is 5.91 Å². The van der Waals surface area contributed by atoms with Crippen molar-refractivity contribution >= 4 is 11.9 Å². The molecule has 7 nitrogen and oxygen atoms in total. The molecule has 1 saturated carbocycles. The smallest absolute Gasteiger partial charge is 0.329 e. The number of carboxylic acids is 1. The van der Waals surface area contributed by atoms with E-state index in [1.165, 1.54) is 9.58 Å². The molecule has 0 aliphatic heterocycles. The van der Waals surface area contributed by atoms with Gasteiger partial charge in [0, 0.05) is 7.05 Å². The summed E-state index contributed by atoms with van der Waals surface area (Å²) in [6.45, 7) is 1.97. The first-order chi connectivity index (χ1) is 11.9. The van der Waals surface area contributed by atoms with Crippen molar-refractivity contribution in [2.75, 3.05) is 7.05 Å². The second kappa shape index (κ2) is 6.66. The number of aromatic nitrogens is 3. The third-order valence-corrected chi connectivity index (χ3v) is 5.00. The number of carbonyl (C=O) groups excluding carboxylic acids is 1. The highest BCUT2D eigenvalue weighted by molar-refractivity contribution is 5.96. The van der Waals surface area contributed by atoms with Crippen molar-refractivity contribution in [2.45, 2.75) is 44.6 Å². The summed E-state index contributed by atoms with van der Waals surface area (Å²) in [5.41, 5.74) is 0.877. The summed E-state index contributed by atoms with van der Waals surface area (Å²) in [7, 11) is 1.55. The number of rotatable bonds is 4. The lowest BCUT2D eigenvalue weighted by Crippen LogP contribution is -2.56. The molecule has 0 unspecified atom stereocenters. The van der Waals surface area contributed by atoms with Crippen LogP contribution in [0.3, 0.4) is 0 Å². The van der Waals surface area contributed by atoms with Crippen LogP contribution in [0.25, 0.3) is 5.69 Å². The van der Waals surface area contributed by atoms with E-state index in [0.29, 0.717) is 12.8 Å². The summed E-state index contributed by atoms with van der Waals surface area (Å²) < 4.78 is 1.53. The molecule has 0 saturated heterocycles. The van der Waals surface area contributed by atoms with Gasteiger partial charge in [-0.25, -0.2) is 9.48 Å². The van der Waals surface area contributed by atoms with Gasteiger partial charge in [-0.1, -0.05) is 36.6 Å². The number of aliphatic carboxylic acids is 1. The standard InChI is InChI=1S/C18H22N4O3/c1-13-7-6-8-14(11-13)22-12-15(19-20-22)16(23)21(2)18(17(24)25)9-4-3-5-10-18/h6-8,11-12H,3-5,9-10H2,1-2H3,(H,24,25). The Bertz CT molecular complexity index is 793. The van der Waals surface area contributed by atoms with Gasteiger partial charge in [-0.3, -0.25) is 4.79 Å². The van der Waals surface area contributed by atoms with Crippen molar-refractivity contribution in [3.8, 4) is 5.69 Å². The number of carboxylic acid groups (broad SMARTS) is 1. The average molecular weight is 342 g/mol. The number of likely N-dealkylation sites (N-methyl/N-ethyl adjacent to an activating group) is 1. The first kappa shape index (κ1) is 17.1. The predicted molar refractivity (Wildman–Crippen MR) is 91.6 cm³/mol. The first-order valence-electron chi connectivity index (χ1n) is 8.45. The van der Waals surface area contributed by atoms with Crippen molar-refractivity contribution in [1.29, 1.82) is 0 Å². The molecular weight excluding hydrogens is 320 g/mol. The van der Waals surface area contributed by atoms with Crippen molar-refractivity contribution in [3.05, 3.63) is 41.7 Å². The lowest BCUT2D eigenvalue weighted by atomic mass is 9.80. The molecule has 0 spiro atoms. The number of amides is 1. The molecule has 1 amide bonds. The summed E-state index contributed by atoms with van der Waals surface area (Å²) >= 11 is 0. The Labute approximate surface area is 146 Å². The van der Waals surface area contributed by atoms with Gasteiger partial charge in [-0.2, -0.15) is 0 Å². The summed E-state index contributed by atoms with van der Waals surface area (Å²) in [5.74, 6) is -1.36. The van der Waals surface area contributed by atoms with Crippen molar-refractivity contribution < 1.29 is 14.7 Å². The van der Waals surface area contributed by atoms with Crippen molar-refractivity contribution in [2.24, 2.45) is 0 Å². The molecule has 25 heavy (non-hydrogen) atoms. The van der Waals surface area contributed by atoms with Crippen LogP contribution < -0.4 is 0 Å². The zero-order chi connectivity index (χ0) is 18.0. The molecule has 1 fully saturated rings. The number of aryl methyl sites for hydroxylation is 1. The van der Waals surface area contributed by atoms with E-state index < -0.39 is 17.4 Å². The van der Waals surface area contributed by atoms with E-state index in [0.717, 1.165) is 30.5 Å². The second-order valence-electron chi connectivity index (χ2n) is 6.65. The zero-order valence-electron chi connectivity index (χ0n) is 14.5. The monoisotopic (exact) mass is 342 g/mol. The summed E-state index contributed by atoms with van der Waals surface area (Å²) in [6.07, 6.45) is 5.10. The molecule has 132 valence electrons. The quantitative estimate of drug-likeness (QED) is 0.922. The Balaban J connectivity index is 1.86. The van der Waals surface area contributed by atoms with Gasteiger partial charge in [0.05, 0.1) is 11.9 Å². The van der Waals surface area contributed by atoms with Crippen LogP contribution in [0.5, 0.6) is 0 Å². The molecule has 0 radical (unpaired) electrons. The molecular formula is C18H22N4O3. The van der Waals surface area contributed by atoms with Crippen LogP contribution in [-0.2, 0) is 4.79 Å². The van der Waals surface area contributed by atoms with Crippen LogP contribution in [0.2, 0.25) is 0 Å². The van der Waals surface area contributed by atoms with Gasteiger partial charge >= 0.3 is 5.97 Å². The van der Waals surface area contributed by atoms with Gasteiger partial charge in [0.2, 0.25) is 0 Å². The minimum absolute atomic E-state index is 0.148. The molecule has 2 aromatic rings. The highest BCUT2D eigenvalue weighted by Gasteiger charge is 2.46. The van der Waals surface area contributed by atoms with Crippen LogP contribution in [0, 0.1) is 6.92 Å². The van der Waals surface area contributed by atoms with Crippen molar-refractivity contribution in [3.63, 3.8) is 0 Å². The second-order valence-corrected chi connectivity index (χ2v) is 6.65. The fourth-order valence-electron chi connectivity index (χ4n) is 3.45. The Morgan fingerprint density at radius 1 is 1.24 bits per heavy atom. The molecule has 1 N–H and O–H groups in total. The summed E-state index contributed by atoms with van der Waals surface area (Å²) in [5, 5.41) is 17.7. The number of hydrogen-bond acceptors (Lipinski definition) is 4. The maximum Gasteiger partial charge on any atom is 0.329 e. The molecule has 1 aromatic carbocycles. The lowest BCUT2D eigenvalue weighted by Gasteiger charge is -2.40. The molecule has 0 atom stereocenters. The van der Waals surface area contributed by atoms with Crippen LogP contribution in [0.1, 0.15) is 48.2 Å². The van der Waals surface area contributed by atoms with Gasteiger partial charge in [-0.05, 0) is 37.5 Å². The maximum atomic E-state index is 12.8. The van der Waals surface area contributed by atoms with E-state index in [9.17, 15) is 14.7 Å². The highest BCUT2D eigenvalue weighted by atomic mass is 16.4. The molecule has 0 bridgehead atoms. The van der Waals surface area contributed by atoms with Crippen LogP contribution >= 0.6 is 0 Å². The molecule has 3 rings (SSSR count). The zero-order valence-corrected chi connectivity index (χ0v) is 14.5. The van der Waals surface area contributed by atoms with Gasteiger partial charge in [-0.15, -0.1) is 5.10 Å². The highest BCUT2D eigenvalue weighted by Crippen LogP contribution is 2.34. The van der Waals surface area contributed by atoms with E-state index in [1.807, 2.05) is 31.2 Å². The van der Waals surface area contributed by atoms with E-state index >= 15 is 0 Å². The summed E-state index contributed by atoms with van der Waals surface area (Å²) in [6, 6.07) is 7.69.